The maximum atomic E-state index is 0. The van der Waals surface area contributed by atoms with Gasteiger partial charge in [-0.3, -0.25) is 0 Å². The molecular formula is CH4CrCuMnSi. The smallest absolute Gasteiger partial charge is 0 e. The van der Waals surface area contributed by atoms with E-state index in [2.05, 4.69) is 0 Å². The zero-order chi connectivity index (χ0) is 0. The summed E-state index contributed by atoms with van der Waals surface area (Å²) in [4.78, 5) is 0. The van der Waals surface area contributed by atoms with Crippen LogP contribution in [0.25, 0.3) is 0 Å². The van der Waals surface area contributed by atoms with Gasteiger partial charge in [-0.2, -0.15) is 0 Å². The van der Waals surface area contributed by atoms with Gasteiger partial charge in [0.25, 0.3) is 0 Å². The standard InChI is InChI=1S/CH4.Cr.Cu.Mn.Si/h1H4;;;;. The van der Waals surface area contributed by atoms with Gasteiger partial charge in [-0.25, -0.2) is 0 Å². The third-order valence-electron chi connectivity index (χ3n) is 0. The maximum Gasteiger partial charge on any atom is 0 e. The predicted octanol–water partition coefficient (Wildman–Crippen LogP) is 0.248. The first-order valence-corrected chi connectivity index (χ1v) is 0. The largest absolute Gasteiger partial charge is 0.0776 e. The second kappa shape index (κ2) is 41.5. The third kappa shape index (κ3) is 26.0. The fraction of sp³-hybridized carbons (Fsp3) is 1.00. The van der Waals surface area contributed by atoms with Crippen LogP contribution in [0.4, 0.5) is 0 Å². The summed E-state index contributed by atoms with van der Waals surface area (Å²) in [6, 6.07) is 0. The van der Waals surface area contributed by atoms with Crippen LogP contribution in [0.3, 0.4) is 0 Å². The van der Waals surface area contributed by atoms with Crippen molar-refractivity contribution in [1.29, 1.82) is 0 Å². The second-order valence-electron chi connectivity index (χ2n) is 0. The summed E-state index contributed by atoms with van der Waals surface area (Å²) < 4.78 is 0. The Morgan fingerprint density at radius 1 is 1.00 bits per heavy atom. The van der Waals surface area contributed by atoms with Gasteiger partial charge in [0.05, 0.1) is 0 Å². The normalized spacial score (nSPS) is 0. The molecule has 0 aromatic carbocycles. The van der Waals surface area contributed by atoms with E-state index in [-0.39, 0.29) is 69.9 Å². The van der Waals surface area contributed by atoms with Crippen molar-refractivity contribution in [3.8, 4) is 0 Å². The topological polar surface area (TPSA) is 0 Å². The molecule has 0 rings (SSSR count). The minimum atomic E-state index is 0. The summed E-state index contributed by atoms with van der Waals surface area (Å²) in [5, 5.41) is 0. The first kappa shape index (κ1) is 71.1. The molecule has 36 valence electrons. The molecule has 0 aliphatic carbocycles. The van der Waals surface area contributed by atoms with Gasteiger partial charge in [0, 0.05) is 62.5 Å². The Morgan fingerprint density at radius 3 is 1.00 bits per heavy atom. The van der Waals surface area contributed by atoms with Gasteiger partial charge in [0.2, 0.25) is 0 Å². The Morgan fingerprint density at radius 2 is 1.00 bits per heavy atom. The van der Waals surface area contributed by atoms with Crippen LogP contribution in [0.2, 0.25) is 0 Å². The Labute approximate surface area is 69.6 Å². The zero-order valence-corrected chi connectivity index (χ0v) is 5.98. The van der Waals surface area contributed by atoms with Gasteiger partial charge >= 0.3 is 0 Å². The monoisotopic (exact) mass is 214 g/mol. The number of hydrogen-bond acceptors (Lipinski definition) is 0. The molecular weight excluding hydrogens is 211 g/mol. The third-order valence-corrected chi connectivity index (χ3v) is 0. The quantitative estimate of drug-likeness (QED) is 0.507. The fourth-order valence-corrected chi connectivity index (χ4v) is 0. The molecule has 4 heteroatoms. The molecule has 0 fully saturated rings. The van der Waals surface area contributed by atoms with Crippen LogP contribution in [-0.2, 0) is 51.5 Å². The van der Waals surface area contributed by atoms with Crippen LogP contribution in [0, 0.1) is 0 Å². The average Bonchev–Trinajstić information content (AvgIpc) is 0. The van der Waals surface area contributed by atoms with E-state index < -0.39 is 0 Å². The van der Waals surface area contributed by atoms with Crippen LogP contribution in [0.1, 0.15) is 7.43 Å². The van der Waals surface area contributed by atoms with Gasteiger partial charge in [0.15, 0.2) is 0 Å². The maximum absolute atomic E-state index is 0. The molecule has 6 radical (unpaired) electrons. The van der Waals surface area contributed by atoms with Crippen LogP contribution in [-0.4, -0.2) is 11.0 Å². The van der Waals surface area contributed by atoms with E-state index in [0.717, 1.165) is 0 Å². The van der Waals surface area contributed by atoms with Crippen molar-refractivity contribution in [3.05, 3.63) is 0 Å². The van der Waals surface area contributed by atoms with Crippen molar-refractivity contribution in [2.24, 2.45) is 0 Å². The first-order valence-electron chi connectivity index (χ1n) is 0. The summed E-state index contributed by atoms with van der Waals surface area (Å²) >= 11 is 0. The summed E-state index contributed by atoms with van der Waals surface area (Å²) in [5.74, 6) is 0. The van der Waals surface area contributed by atoms with Gasteiger partial charge in [-0.1, -0.05) is 7.43 Å². The van der Waals surface area contributed by atoms with E-state index in [4.69, 9.17) is 0 Å². The van der Waals surface area contributed by atoms with E-state index in [9.17, 15) is 0 Å². The van der Waals surface area contributed by atoms with E-state index >= 15 is 0 Å². The van der Waals surface area contributed by atoms with Crippen LogP contribution < -0.4 is 0 Å². The molecule has 0 amide bonds. The molecule has 0 bridgehead atoms. The molecule has 5 heavy (non-hydrogen) atoms. The molecule has 0 heterocycles. The summed E-state index contributed by atoms with van der Waals surface area (Å²) in [5.41, 5.74) is 0. The zero-order valence-electron chi connectivity index (χ0n) is 1.59. The van der Waals surface area contributed by atoms with Crippen LogP contribution in [0.15, 0.2) is 0 Å². The van der Waals surface area contributed by atoms with Crippen LogP contribution in [0.5, 0.6) is 0 Å². The molecule has 0 aliphatic heterocycles. The molecule has 0 atom stereocenters. The first-order chi connectivity index (χ1) is 0. The minimum absolute atomic E-state index is 0. The van der Waals surface area contributed by atoms with Crippen molar-refractivity contribution < 1.29 is 51.5 Å². The van der Waals surface area contributed by atoms with E-state index in [0.29, 0.717) is 0 Å². The summed E-state index contributed by atoms with van der Waals surface area (Å²) in [7, 11) is 0. The molecule has 0 nitrogen and oxygen atoms in total. The SMILES string of the molecule is C.[Cr].[Cu].[Mn].[Si]. The van der Waals surface area contributed by atoms with Gasteiger partial charge in [0.1, 0.15) is 0 Å². The van der Waals surface area contributed by atoms with Crippen molar-refractivity contribution in [2.75, 3.05) is 0 Å². The molecule has 0 spiro atoms. The summed E-state index contributed by atoms with van der Waals surface area (Å²) in [6.07, 6.45) is 0. The molecule has 0 aromatic rings. The van der Waals surface area contributed by atoms with Gasteiger partial charge in [-0.15, -0.1) is 0 Å². The molecule has 0 N–H and O–H groups in total. The predicted molar refractivity (Wildman–Crippen MR) is 12.5 cm³/mol. The number of rotatable bonds is 0. The summed E-state index contributed by atoms with van der Waals surface area (Å²) in [6.45, 7) is 0. The molecule has 0 saturated heterocycles. The van der Waals surface area contributed by atoms with Crippen molar-refractivity contribution in [3.63, 3.8) is 0 Å². The fourth-order valence-electron chi connectivity index (χ4n) is 0. The molecule has 0 unspecified atom stereocenters. The number of hydrogen-bond donors (Lipinski definition) is 0. The Bertz CT molecular complexity index is 11.6. The van der Waals surface area contributed by atoms with Crippen molar-refractivity contribution in [1.82, 2.24) is 0 Å². The Hall–Kier alpha value is 1.79. The molecule has 0 saturated carbocycles. The Balaban J connectivity index is 0. The van der Waals surface area contributed by atoms with Gasteiger partial charge in [-0.05, 0) is 0 Å². The minimum Gasteiger partial charge on any atom is -0.0776 e. The van der Waals surface area contributed by atoms with E-state index in [1.165, 1.54) is 0 Å². The average molecular weight is 215 g/mol. The van der Waals surface area contributed by atoms with Gasteiger partial charge < -0.3 is 0 Å². The molecule has 0 aromatic heterocycles. The molecule has 0 aliphatic rings. The van der Waals surface area contributed by atoms with Crippen LogP contribution >= 0.6 is 0 Å². The van der Waals surface area contributed by atoms with E-state index in [1.807, 2.05) is 0 Å². The van der Waals surface area contributed by atoms with Crippen molar-refractivity contribution in [2.45, 2.75) is 7.43 Å². The van der Waals surface area contributed by atoms with E-state index in [1.54, 1.807) is 0 Å². The van der Waals surface area contributed by atoms with Crippen molar-refractivity contribution >= 4 is 11.0 Å². The Kier molecular flexibility index (Phi) is 590. The second-order valence-corrected chi connectivity index (χ2v) is 0.